The van der Waals surface area contributed by atoms with Crippen molar-refractivity contribution in [2.24, 2.45) is 0 Å². The van der Waals surface area contributed by atoms with E-state index in [1.165, 1.54) is 44.9 Å². The van der Waals surface area contributed by atoms with Gasteiger partial charge in [0.15, 0.2) is 0 Å². The van der Waals surface area contributed by atoms with Crippen LogP contribution in [0.25, 0.3) is 0 Å². The van der Waals surface area contributed by atoms with Crippen LogP contribution in [0.5, 0.6) is 0 Å². The zero-order valence-electron chi connectivity index (χ0n) is 12.1. The zero-order valence-corrected chi connectivity index (χ0v) is 12.1. The summed E-state index contributed by atoms with van der Waals surface area (Å²) < 4.78 is 6.11. The number of hydrogen-bond acceptors (Lipinski definition) is 3. The molecule has 1 unspecified atom stereocenters. The summed E-state index contributed by atoms with van der Waals surface area (Å²) in [5, 5.41) is 13.7. The number of rotatable bonds is 3. The minimum Gasteiger partial charge on any atom is -0.394 e. The van der Waals surface area contributed by atoms with Crippen molar-refractivity contribution in [3.8, 4) is 0 Å². The molecule has 0 aromatic rings. The van der Waals surface area contributed by atoms with Gasteiger partial charge in [0, 0.05) is 18.2 Å². The van der Waals surface area contributed by atoms with E-state index in [-0.39, 0.29) is 11.1 Å². The molecule has 0 radical (unpaired) electrons. The minimum absolute atomic E-state index is 0.0139. The van der Waals surface area contributed by atoms with Gasteiger partial charge in [-0.15, -0.1) is 0 Å². The van der Waals surface area contributed by atoms with Crippen LogP contribution < -0.4 is 5.32 Å². The van der Waals surface area contributed by atoms with Crippen LogP contribution in [-0.2, 0) is 4.74 Å². The zero-order chi connectivity index (χ0) is 13.2. The Bertz CT molecular complexity index is 293. The van der Waals surface area contributed by atoms with E-state index in [1.807, 2.05) is 0 Å². The van der Waals surface area contributed by atoms with E-state index in [2.05, 4.69) is 5.32 Å². The van der Waals surface area contributed by atoms with E-state index in [4.69, 9.17) is 4.74 Å². The lowest BCUT2D eigenvalue weighted by atomic mass is 9.80. The lowest BCUT2D eigenvalue weighted by Crippen LogP contribution is -2.57. The summed E-state index contributed by atoms with van der Waals surface area (Å²) in [5.41, 5.74) is 0.196. The Kier molecular flexibility index (Phi) is 4.16. The third-order valence-corrected chi connectivity index (χ3v) is 5.63. The van der Waals surface area contributed by atoms with Gasteiger partial charge >= 0.3 is 0 Å². The van der Waals surface area contributed by atoms with Gasteiger partial charge in [0.1, 0.15) is 0 Å². The van der Waals surface area contributed by atoms with E-state index in [1.54, 1.807) is 0 Å². The van der Waals surface area contributed by atoms with Crippen molar-refractivity contribution in [2.75, 3.05) is 13.2 Å². The second-order valence-electron chi connectivity index (χ2n) is 7.07. The van der Waals surface area contributed by atoms with Gasteiger partial charge in [0.05, 0.1) is 12.2 Å². The maximum absolute atomic E-state index is 9.84. The maximum Gasteiger partial charge on any atom is 0.0697 e. The second-order valence-corrected chi connectivity index (χ2v) is 7.07. The lowest BCUT2D eigenvalue weighted by molar-refractivity contribution is -0.0892. The summed E-state index contributed by atoms with van der Waals surface area (Å²) in [6.45, 7) is 1.20. The summed E-state index contributed by atoms with van der Waals surface area (Å²) in [4.78, 5) is 0. The number of aliphatic hydroxyl groups is 1. The second kappa shape index (κ2) is 5.71. The highest BCUT2D eigenvalue weighted by Gasteiger charge is 2.42. The fourth-order valence-electron chi connectivity index (χ4n) is 4.53. The molecule has 1 aliphatic heterocycles. The van der Waals surface area contributed by atoms with Crippen LogP contribution in [0.1, 0.15) is 70.6 Å². The predicted molar refractivity (Wildman–Crippen MR) is 76.2 cm³/mol. The highest BCUT2D eigenvalue weighted by atomic mass is 16.5. The first-order valence-electron chi connectivity index (χ1n) is 8.29. The van der Waals surface area contributed by atoms with Gasteiger partial charge < -0.3 is 15.2 Å². The highest BCUT2D eigenvalue weighted by Crippen LogP contribution is 2.41. The minimum atomic E-state index is 0.0139. The monoisotopic (exact) mass is 267 g/mol. The van der Waals surface area contributed by atoms with Gasteiger partial charge in [0.2, 0.25) is 0 Å². The Morgan fingerprint density at radius 1 is 1.00 bits per heavy atom. The van der Waals surface area contributed by atoms with Crippen LogP contribution in [0.15, 0.2) is 0 Å². The number of ether oxygens (including phenoxy) is 1. The molecule has 3 nitrogen and oxygen atoms in total. The van der Waals surface area contributed by atoms with E-state index < -0.39 is 0 Å². The third kappa shape index (κ3) is 2.98. The number of nitrogens with one attached hydrogen (secondary N) is 1. The van der Waals surface area contributed by atoms with Crippen molar-refractivity contribution in [3.63, 3.8) is 0 Å². The Balaban J connectivity index is 1.61. The van der Waals surface area contributed by atoms with Crippen molar-refractivity contribution < 1.29 is 9.84 Å². The van der Waals surface area contributed by atoms with Gasteiger partial charge in [-0.3, -0.25) is 0 Å². The molecule has 3 rings (SSSR count). The molecule has 0 bridgehead atoms. The first-order valence-corrected chi connectivity index (χ1v) is 8.29. The first kappa shape index (κ1) is 13.8. The molecular weight excluding hydrogens is 238 g/mol. The largest absolute Gasteiger partial charge is 0.394 e. The van der Waals surface area contributed by atoms with Gasteiger partial charge in [-0.1, -0.05) is 32.1 Å². The molecule has 3 aliphatic rings. The summed E-state index contributed by atoms with van der Waals surface area (Å²) in [7, 11) is 0. The first-order chi connectivity index (χ1) is 9.26. The third-order valence-electron chi connectivity index (χ3n) is 5.63. The summed E-state index contributed by atoms with van der Waals surface area (Å²) >= 11 is 0. The maximum atomic E-state index is 9.84. The standard InChI is InChI=1S/C16H29NO2/c18-13-15(7-2-1-3-8-15)17-14-6-11-19-16(12-14)9-4-5-10-16/h14,17-18H,1-13H2. The SMILES string of the molecule is OCC1(NC2CCOC3(CCCC3)C2)CCCCC1. The lowest BCUT2D eigenvalue weighted by Gasteiger charge is -2.45. The molecular formula is C16H29NO2. The Morgan fingerprint density at radius 2 is 1.68 bits per heavy atom. The van der Waals surface area contributed by atoms with Crippen LogP contribution >= 0.6 is 0 Å². The van der Waals surface area contributed by atoms with Crippen LogP contribution in [0, 0.1) is 0 Å². The summed E-state index contributed by atoms with van der Waals surface area (Å²) in [6.07, 6.45) is 13.6. The molecule has 110 valence electrons. The molecule has 3 fully saturated rings. The van der Waals surface area contributed by atoms with Gasteiger partial charge in [0.25, 0.3) is 0 Å². The smallest absolute Gasteiger partial charge is 0.0697 e. The normalized spacial score (nSPS) is 33.6. The van der Waals surface area contributed by atoms with Crippen molar-refractivity contribution in [3.05, 3.63) is 0 Å². The van der Waals surface area contributed by atoms with E-state index in [0.717, 1.165) is 32.3 Å². The topological polar surface area (TPSA) is 41.5 Å². The van der Waals surface area contributed by atoms with E-state index in [9.17, 15) is 5.11 Å². The fraction of sp³-hybridized carbons (Fsp3) is 1.00. The van der Waals surface area contributed by atoms with Crippen LogP contribution in [0.2, 0.25) is 0 Å². The Morgan fingerprint density at radius 3 is 2.37 bits per heavy atom. The van der Waals surface area contributed by atoms with Crippen molar-refractivity contribution in [2.45, 2.75) is 87.8 Å². The molecule has 2 N–H and O–H groups in total. The molecule has 1 spiro atoms. The van der Waals surface area contributed by atoms with Gasteiger partial charge in [-0.05, 0) is 38.5 Å². The van der Waals surface area contributed by atoms with Crippen LogP contribution in [0.4, 0.5) is 0 Å². The molecule has 2 aliphatic carbocycles. The Hall–Kier alpha value is -0.120. The molecule has 0 amide bonds. The number of hydrogen-bond donors (Lipinski definition) is 2. The quantitative estimate of drug-likeness (QED) is 0.826. The molecule has 3 heteroatoms. The molecule has 0 aromatic heterocycles. The average Bonchev–Trinajstić information content (AvgIpc) is 2.88. The molecule has 0 aromatic carbocycles. The number of aliphatic hydroxyl groups excluding tert-OH is 1. The van der Waals surface area contributed by atoms with Crippen LogP contribution in [0.3, 0.4) is 0 Å². The molecule has 2 saturated carbocycles. The molecule has 19 heavy (non-hydrogen) atoms. The highest BCUT2D eigenvalue weighted by molar-refractivity contribution is 4.98. The molecule has 1 atom stereocenters. The van der Waals surface area contributed by atoms with Crippen LogP contribution in [-0.4, -0.2) is 35.5 Å². The van der Waals surface area contributed by atoms with Crippen molar-refractivity contribution in [1.29, 1.82) is 0 Å². The van der Waals surface area contributed by atoms with Crippen molar-refractivity contribution in [1.82, 2.24) is 5.32 Å². The predicted octanol–water partition coefficient (Wildman–Crippen LogP) is 2.76. The molecule has 1 heterocycles. The average molecular weight is 267 g/mol. The van der Waals surface area contributed by atoms with Crippen molar-refractivity contribution >= 4 is 0 Å². The van der Waals surface area contributed by atoms with Gasteiger partial charge in [-0.2, -0.15) is 0 Å². The van der Waals surface area contributed by atoms with E-state index >= 15 is 0 Å². The summed E-state index contributed by atoms with van der Waals surface area (Å²) in [5.74, 6) is 0. The van der Waals surface area contributed by atoms with E-state index in [0.29, 0.717) is 12.6 Å². The van der Waals surface area contributed by atoms with Gasteiger partial charge in [-0.25, -0.2) is 0 Å². The summed E-state index contributed by atoms with van der Waals surface area (Å²) in [6, 6.07) is 0.553. The fourth-order valence-corrected chi connectivity index (χ4v) is 4.53. The Labute approximate surface area is 117 Å². The molecule has 1 saturated heterocycles.